The third kappa shape index (κ3) is 0.936. The SMILES string of the molecule is C#Cc1ccsc1Br. The molecule has 1 heterocycles. The van der Waals surface area contributed by atoms with E-state index in [-0.39, 0.29) is 0 Å². The summed E-state index contributed by atoms with van der Waals surface area (Å²) in [5, 5.41) is 1.96. The Balaban J connectivity index is 3.15. The average molecular weight is 187 g/mol. The first-order chi connectivity index (χ1) is 3.84. The van der Waals surface area contributed by atoms with Gasteiger partial charge in [0, 0.05) is 5.56 Å². The van der Waals surface area contributed by atoms with E-state index >= 15 is 0 Å². The standard InChI is InChI=1S/C6H3BrS/c1-2-5-3-4-8-6(5)7/h1,3-4H. The van der Waals surface area contributed by atoms with Crippen LogP contribution >= 0.6 is 27.3 Å². The quantitative estimate of drug-likeness (QED) is 0.547. The van der Waals surface area contributed by atoms with E-state index < -0.39 is 0 Å². The van der Waals surface area contributed by atoms with Gasteiger partial charge in [-0.1, -0.05) is 5.92 Å². The van der Waals surface area contributed by atoms with Gasteiger partial charge >= 0.3 is 0 Å². The third-order valence-electron chi connectivity index (χ3n) is 0.773. The van der Waals surface area contributed by atoms with Gasteiger partial charge in [0.25, 0.3) is 0 Å². The summed E-state index contributed by atoms with van der Waals surface area (Å²) in [6.45, 7) is 0. The summed E-state index contributed by atoms with van der Waals surface area (Å²) in [6.07, 6.45) is 5.12. The van der Waals surface area contributed by atoms with Crippen molar-refractivity contribution in [1.82, 2.24) is 0 Å². The smallest absolute Gasteiger partial charge is 0.0854 e. The lowest BCUT2D eigenvalue weighted by Gasteiger charge is -1.77. The Labute approximate surface area is 60.7 Å². The molecule has 0 aromatic carbocycles. The summed E-state index contributed by atoms with van der Waals surface area (Å²) in [5.74, 6) is 2.54. The number of terminal acetylenes is 1. The monoisotopic (exact) mass is 186 g/mol. The van der Waals surface area contributed by atoms with Crippen LogP contribution in [0.3, 0.4) is 0 Å². The molecule has 1 aromatic rings. The molecule has 0 atom stereocenters. The van der Waals surface area contributed by atoms with Crippen molar-refractivity contribution in [2.45, 2.75) is 0 Å². The Kier molecular flexibility index (Phi) is 1.72. The average Bonchev–Trinajstić information content (AvgIpc) is 2.14. The summed E-state index contributed by atoms with van der Waals surface area (Å²) in [4.78, 5) is 0. The predicted octanol–water partition coefficient (Wildman–Crippen LogP) is 2.49. The van der Waals surface area contributed by atoms with Crippen LogP contribution in [0.5, 0.6) is 0 Å². The van der Waals surface area contributed by atoms with Gasteiger partial charge in [-0.2, -0.15) is 0 Å². The fourth-order valence-electron chi connectivity index (χ4n) is 0.396. The van der Waals surface area contributed by atoms with Gasteiger partial charge in [-0.15, -0.1) is 17.8 Å². The molecule has 0 aliphatic heterocycles. The van der Waals surface area contributed by atoms with Crippen molar-refractivity contribution in [3.05, 3.63) is 20.8 Å². The lowest BCUT2D eigenvalue weighted by Crippen LogP contribution is -1.60. The van der Waals surface area contributed by atoms with Gasteiger partial charge in [0.15, 0.2) is 0 Å². The lowest BCUT2D eigenvalue weighted by molar-refractivity contribution is 1.82. The highest BCUT2D eigenvalue weighted by Crippen LogP contribution is 2.21. The minimum Gasteiger partial charge on any atom is -0.135 e. The van der Waals surface area contributed by atoms with Gasteiger partial charge in [0.05, 0.1) is 3.79 Å². The summed E-state index contributed by atoms with van der Waals surface area (Å²) in [6, 6.07) is 1.91. The first kappa shape index (κ1) is 5.87. The van der Waals surface area contributed by atoms with Crippen LogP contribution in [0.1, 0.15) is 5.56 Å². The van der Waals surface area contributed by atoms with Gasteiger partial charge in [0.1, 0.15) is 0 Å². The Morgan fingerprint density at radius 3 is 2.75 bits per heavy atom. The molecule has 0 saturated heterocycles. The van der Waals surface area contributed by atoms with Crippen LogP contribution in [-0.2, 0) is 0 Å². The van der Waals surface area contributed by atoms with E-state index in [4.69, 9.17) is 6.42 Å². The zero-order valence-corrected chi connectivity index (χ0v) is 6.42. The zero-order chi connectivity index (χ0) is 5.98. The van der Waals surface area contributed by atoms with Crippen molar-refractivity contribution in [3.63, 3.8) is 0 Å². The van der Waals surface area contributed by atoms with E-state index in [0.29, 0.717) is 0 Å². The minimum absolute atomic E-state index is 0.940. The molecule has 0 radical (unpaired) electrons. The number of rotatable bonds is 0. The number of hydrogen-bond acceptors (Lipinski definition) is 1. The predicted molar refractivity (Wildman–Crippen MR) is 40.0 cm³/mol. The maximum absolute atomic E-state index is 5.12. The second-order valence-corrected chi connectivity index (χ2v) is 3.49. The van der Waals surface area contributed by atoms with Crippen LogP contribution < -0.4 is 0 Å². The highest BCUT2D eigenvalue weighted by molar-refractivity contribution is 9.11. The molecule has 8 heavy (non-hydrogen) atoms. The first-order valence-electron chi connectivity index (χ1n) is 2.04. The molecule has 0 unspecified atom stereocenters. The molecule has 2 heteroatoms. The molecular weight excluding hydrogens is 184 g/mol. The van der Waals surface area contributed by atoms with Crippen molar-refractivity contribution in [3.8, 4) is 12.3 Å². The topological polar surface area (TPSA) is 0 Å². The molecule has 0 amide bonds. The van der Waals surface area contributed by atoms with Crippen LogP contribution in [0.25, 0.3) is 0 Å². The summed E-state index contributed by atoms with van der Waals surface area (Å²) in [7, 11) is 0. The van der Waals surface area contributed by atoms with Gasteiger partial charge in [-0.05, 0) is 27.4 Å². The van der Waals surface area contributed by atoms with Crippen molar-refractivity contribution in [2.75, 3.05) is 0 Å². The van der Waals surface area contributed by atoms with Crippen molar-refractivity contribution >= 4 is 27.3 Å². The van der Waals surface area contributed by atoms with E-state index in [2.05, 4.69) is 21.9 Å². The van der Waals surface area contributed by atoms with Gasteiger partial charge in [0.2, 0.25) is 0 Å². The largest absolute Gasteiger partial charge is 0.135 e. The van der Waals surface area contributed by atoms with Gasteiger partial charge < -0.3 is 0 Å². The maximum Gasteiger partial charge on any atom is 0.0854 e. The molecule has 0 saturated carbocycles. The molecule has 0 aliphatic carbocycles. The molecule has 0 aliphatic rings. The first-order valence-corrected chi connectivity index (χ1v) is 3.71. The van der Waals surface area contributed by atoms with Gasteiger partial charge in [-0.3, -0.25) is 0 Å². The number of halogens is 1. The zero-order valence-electron chi connectivity index (χ0n) is 4.02. The Morgan fingerprint density at radius 2 is 2.50 bits per heavy atom. The van der Waals surface area contributed by atoms with Crippen LogP contribution in [-0.4, -0.2) is 0 Å². The molecule has 0 nitrogen and oxygen atoms in total. The van der Waals surface area contributed by atoms with E-state index in [1.807, 2.05) is 11.4 Å². The Morgan fingerprint density at radius 1 is 1.75 bits per heavy atom. The normalized spacial score (nSPS) is 8.50. The Hall–Kier alpha value is -0.260. The molecule has 1 rings (SSSR count). The molecular formula is C6H3BrS. The fourth-order valence-corrected chi connectivity index (χ4v) is 1.54. The van der Waals surface area contributed by atoms with E-state index in [0.717, 1.165) is 9.35 Å². The number of thiophene rings is 1. The minimum atomic E-state index is 0.940. The molecule has 0 spiro atoms. The molecule has 0 bridgehead atoms. The highest BCUT2D eigenvalue weighted by Gasteiger charge is 1.92. The second-order valence-electron chi connectivity index (χ2n) is 1.25. The second kappa shape index (κ2) is 2.34. The van der Waals surface area contributed by atoms with Crippen LogP contribution in [0.2, 0.25) is 0 Å². The maximum atomic E-state index is 5.12. The van der Waals surface area contributed by atoms with Crippen LogP contribution in [0.15, 0.2) is 15.2 Å². The summed E-state index contributed by atoms with van der Waals surface area (Å²) >= 11 is 4.91. The van der Waals surface area contributed by atoms with Crippen LogP contribution in [0, 0.1) is 12.3 Å². The van der Waals surface area contributed by atoms with E-state index in [9.17, 15) is 0 Å². The summed E-state index contributed by atoms with van der Waals surface area (Å²) < 4.78 is 1.04. The highest BCUT2D eigenvalue weighted by atomic mass is 79.9. The molecule has 40 valence electrons. The van der Waals surface area contributed by atoms with Crippen molar-refractivity contribution < 1.29 is 0 Å². The third-order valence-corrected chi connectivity index (χ3v) is 2.46. The van der Waals surface area contributed by atoms with Crippen LogP contribution in [0.4, 0.5) is 0 Å². The summed E-state index contributed by atoms with van der Waals surface area (Å²) in [5.41, 5.74) is 0.940. The number of hydrogen-bond donors (Lipinski definition) is 0. The van der Waals surface area contributed by atoms with Crippen molar-refractivity contribution in [1.29, 1.82) is 0 Å². The Bertz CT molecular complexity index is 219. The van der Waals surface area contributed by atoms with E-state index in [1.165, 1.54) is 0 Å². The van der Waals surface area contributed by atoms with Gasteiger partial charge in [-0.25, -0.2) is 0 Å². The lowest BCUT2D eigenvalue weighted by atomic mass is 10.4. The van der Waals surface area contributed by atoms with Crippen molar-refractivity contribution in [2.24, 2.45) is 0 Å². The molecule has 1 aromatic heterocycles. The molecule has 0 N–H and O–H groups in total. The fraction of sp³-hybridized carbons (Fsp3) is 0. The molecule has 0 fully saturated rings. The van der Waals surface area contributed by atoms with E-state index in [1.54, 1.807) is 11.3 Å².